The number of aryl methyl sites for hydroxylation is 1. The molecule has 0 saturated heterocycles. The van der Waals surface area contributed by atoms with Crippen molar-refractivity contribution in [1.82, 2.24) is 0 Å². The Hall–Kier alpha value is -4.31. The summed E-state index contributed by atoms with van der Waals surface area (Å²) in [6.07, 6.45) is 4.13. The molecule has 0 aromatic heterocycles. The van der Waals surface area contributed by atoms with E-state index in [4.69, 9.17) is 4.74 Å². The molecule has 5 rings (SSSR count). The smallest absolute Gasteiger partial charge is 0.338 e. The maximum absolute atomic E-state index is 13.7. The van der Waals surface area contributed by atoms with Crippen LogP contribution in [-0.2, 0) is 29.0 Å². The first kappa shape index (κ1) is 30.2. The van der Waals surface area contributed by atoms with E-state index in [0.29, 0.717) is 24.8 Å². The van der Waals surface area contributed by atoms with Crippen LogP contribution in [-0.4, -0.2) is 16.7 Å². The number of anilines is 1. The van der Waals surface area contributed by atoms with E-state index in [1.54, 1.807) is 0 Å². The highest BCUT2D eigenvalue weighted by atomic mass is 16.6. The number of hydrogen-bond donors (Lipinski definition) is 1. The van der Waals surface area contributed by atoms with Gasteiger partial charge in [0, 0.05) is 31.1 Å². The summed E-state index contributed by atoms with van der Waals surface area (Å²) in [4.78, 5) is 16.1. The molecule has 1 N–H and O–H groups in total. The zero-order chi connectivity index (χ0) is 30.1. The monoisotopic (exact) mass is 573 g/mol. The number of benzene rings is 4. The first-order valence-corrected chi connectivity index (χ1v) is 15.6. The molecule has 2 atom stereocenters. The second kappa shape index (κ2) is 14.2. The van der Waals surface area contributed by atoms with E-state index in [2.05, 4.69) is 104 Å². The summed E-state index contributed by atoms with van der Waals surface area (Å²) in [5.41, 5.74) is 5.49. The number of nitrogens with zero attached hydrogens (tertiary/aromatic N) is 1. The quantitative estimate of drug-likeness (QED) is 0.162. The first-order chi connectivity index (χ1) is 21.0. The summed E-state index contributed by atoms with van der Waals surface area (Å²) in [6, 6.07) is 39.7. The summed E-state index contributed by atoms with van der Waals surface area (Å²) in [6.45, 7) is 5.69. The van der Waals surface area contributed by atoms with Gasteiger partial charge in [0.05, 0.1) is 5.57 Å². The van der Waals surface area contributed by atoms with Crippen LogP contribution in [0.1, 0.15) is 74.1 Å². The third-order valence-corrected chi connectivity index (χ3v) is 8.57. The second-order valence-corrected chi connectivity index (χ2v) is 11.7. The Bertz CT molecular complexity index is 1460. The second-order valence-electron chi connectivity index (χ2n) is 11.7. The van der Waals surface area contributed by atoms with Crippen molar-refractivity contribution in [2.75, 3.05) is 4.90 Å². The van der Waals surface area contributed by atoms with Crippen LogP contribution in [0.5, 0.6) is 0 Å². The molecule has 4 aromatic rings. The van der Waals surface area contributed by atoms with Crippen molar-refractivity contribution >= 4 is 11.7 Å². The van der Waals surface area contributed by atoms with Crippen LogP contribution in [0.4, 0.5) is 5.69 Å². The predicted molar refractivity (Wildman–Crippen MR) is 175 cm³/mol. The minimum absolute atomic E-state index is 0.181. The number of esters is 1. The predicted octanol–water partition coefficient (Wildman–Crippen LogP) is 9.32. The largest absolute Gasteiger partial charge is 0.512 e. The van der Waals surface area contributed by atoms with Crippen LogP contribution in [0.25, 0.3) is 0 Å². The van der Waals surface area contributed by atoms with Gasteiger partial charge in [0.1, 0.15) is 11.4 Å². The standard InChI is InChI=1S/C39H43NO3/c1-3-24-39(25-23-30-15-8-5-9-16-30)27-36(41)37(38(42)43-39)35(4-2)33-21-14-22-34(26-33)40(28-31-17-10-6-11-18-31)29-32-19-12-7-13-20-32/h5-22,26,35,41H,3-4,23-25,27-29H2,1-2H3/t35-,39-/m0/s1. The Morgan fingerprint density at radius 3 is 1.88 bits per heavy atom. The summed E-state index contributed by atoms with van der Waals surface area (Å²) < 4.78 is 6.29. The highest BCUT2D eigenvalue weighted by Gasteiger charge is 2.43. The van der Waals surface area contributed by atoms with E-state index in [1.807, 2.05) is 30.3 Å². The molecule has 0 amide bonds. The van der Waals surface area contributed by atoms with E-state index in [0.717, 1.165) is 43.6 Å². The van der Waals surface area contributed by atoms with Crippen LogP contribution in [0.2, 0.25) is 0 Å². The molecule has 0 spiro atoms. The molecule has 4 aromatic carbocycles. The van der Waals surface area contributed by atoms with Gasteiger partial charge >= 0.3 is 5.97 Å². The normalized spacial score (nSPS) is 17.4. The number of carbonyl (C=O) groups is 1. The van der Waals surface area contributed by atoms with E-state index in [1.165, 1.54) is 16.7 Å². The molecule has 0 aliphatic carbocycles. The summed E-state index contributed by atoms with van der Waals surface area (Å²) in [7, 11) is 0. The molecule has 222 valence electrons. The fourth-order valence-electron chi connectivity index (χ4n) is 6.42. The molecule has 0 saturated carbocycles. The molecule has 4 heteroatoms. The Kier molecular flexibility index (Phi) is 9.99. The summed E-state index contributed by atoms with van der Waals surface area (Å²) in [5, 5.41) is 11.5. The van der Waals surface area contributed by atoms with Crippen molar-refractivity contribution in [2.45, 2.75) is 77.0 Å². The van der Waals surface area contributed by atoms with Gasteiger partial charge in [0.2, 0.25) is 0 Å². The number of ether oxygens (including phenoxy) is 1. The van der Waals surface area contributed by atoms with Crippen LogP contribution >= 0.6 is 0 Å². The van der Waals surface area contributed by atoms with Crippen LogP contribution in [0.3, 0.4) is 0 Å². The zero-order valence-electron chi connectivity index (χ0n) is 25.4. The number of hydrogen-bond acceptors (Lipinski definition) is 4. The van der Waals surface area contributed by atoms with Crippen molar-refractivity contribution in [3.05, 3.63) is 149 Å². The fourth-order valence-corrected chi connectivity index (χ4v) is 6.42. The third-order valence-electron chi connectivity index (χ3n) is 8.57. The van der Waals surface area contributed by atoms with Gasteiger partial charge in [-0.1, -0.05) is 123 Å². The lowest BCUT2D eigenvalue weighted by Gasteiger charge is -2.39. The average molecular weight is 574 g/mol. The SMILES string of the molecule is CCC[C@]1(CCc2ccccc2)CC(O)=C([C@@H](CC)c2cccc(N(Cc3ccccc3)Cc3ccccc3)c2)C(=O)O1. The Morgan fingerprint density at radius 2 is 1.35 bits per heavy atom. The molecule has 0 bridgehead atoms. The lowest BCUT2D eigenvalue weighted by Crippen LogP contribution is -2.41. The minimum atomic E-state index is -0.683. The van der Waals surface area contributed by atoms with Gasteiger partial charge in [-0.2, -0.15) is 0 Å². The lowest BCUT2D eigenvalue weighted by atomic mass is 9.80. The maximum Gasteiger partial charge on any atom is 0.338 e. The summed E-state index contributed by atoms with van der Waals surface area (Å²) in [5.74, 6) is -0.454. The van der Waals surface area contributed by atoms with E-state index in [-0.39, 0.29) is 17.6 Å². The van der Waals surface area contributed by atoms with Crippen molar-refractivity contribution < 1.29 is 14.6 Å². The van der Waals surface area contributed by atoms with Gasteiger partial charge in [0.25, 0.3) is 0 Å². The minimum Gasteiger partial charge on any atom is -0.512 e. The number of carbonyl (C=O) groups excluding carboxylic acids is 1. The van der Waals surface area contributed by atoms with Gasteiger partial charge in [0.15, 0.2) is 0 Å². The van der Waals surface area contributed by atoms with Crippen LogP contribution < -0.4 is 4.90 Å². The number of rotatable bonds is 13. The topological polar surface area (TPSA) is 49.8 Å². The average Bonchev–Trinajstić information content (AvgIpc) is 3.03. The first-order valence-electron chi connectivity index (χ1n) is 15.6. The van der Waals surface area contributed by atoms with Gasteiger partial charge < -0.3 is 14.7 Å². The number of aliphatic hydroxyl groups excluding tert-OH is 1. The fraction of sp³-hybridized carbons (Fsp3) is 0.308. The van der Waals surface area contributed by atoms with Gasteiger partial charge in [-0.15, -0.1) is 0 Å². The van der Waals surface area contributed by atoms with Crippen LogP contribution in [0, 0.1) is 0 Å². The molecule has 0 radical (unpaired) electrons. The Labute approximate surface area is 256 Å². The molecule has 0 unspecified atom stereocenters. The maximum atomic E-state index is 13.7. The van der Waals surface area contributed by atoms with Gasteiger partial charge in [-0.25, -0.2) is 4.79 Å². The molecule has 0 fully saturated rings. The van der Waals surface area contributed by atoms with Crippen LogP contribution in [0.15, 0.2) is 127 Å². The van der Waals surface area contributed by atoms with Crippen molar-refractivity contribution in [3.8, 4) is 0 Å². The van der Waals surface area contributed by atoms with Gasteiger partial charge in [-0.3, -0.25) is 0 Å². The zero-order valence-corrected chi connectivity index (χ0v) is 25.4. The molecule has 1 aliphatic heterocycles. The molecular weight excluding hydrogens is 530 g/mol. The molecular formula is C39H43NO3. The van der Waals surface area contributed by atoms with E-state index < -0.39 is 5.60 Å². The Morgan fingerprint density at radius 1 is 0.767 bits per heavy atom. The number of cyclic esters (lactones) is 1. The highest BCUT2D eigenvalue weighted by Crippen LogP contribution is 2.42. The molecule has 1 heterocycles. The van der Waals surface area contributed by atoms with Crippen molar-refractivity contribution in [3.63, 3.8) is 0 Å². The molecule has 1 aliphatic rings. The summed E-state index contributed by atoms with van der Waals surface area (Å²) >= 11 is 0. The third kappa shape index (κ3) is 7.56. The van der Waals surface area contributed by atoms with Crippen molar-refractivity contribution in [2.24, 2.45) is 0 Å². The lowest BCUT2D eigenvalue weighted by molar-refractivity contribution is -0.161. The van der Waals surface area contributed by atoms with E-state index in [9.17, 15) is 9.90 Å². The molecule has 43 heavy (non-hydrogen) atoms. The molecule has 4 nitrogen and oxygen atoms in total. The Balaban J connectivity index is 1.42. The van der Waals surface area contributed by atoms with Crippen molar-refractivity contribution in [1.29, 1.82) is 0 Å². The van der Waals surface area contributed by atoms with E-state index >= 15 is 0 Å². The number of aliphatic hydroxyl groups is 1. The highest BCUT2D eigenvalue weighted by molar-refractivity contribution is 5.92. The van der Waals surface area contributed by atoms with Gasteiger partial charge in [-0.05, 0) is 60.1 Å².